The van der Waals surface area contributed by atoms with Gasteiger partial charge in [0.05, 0.1) is 19.3 Å². The van der Waals surface area contributed by atoms with Crippen molar-refractivity contribution in [3.63, 3.8) is 0 Å². The summed E-state index contributed by atoms with van der Waals surface area (Å²) in [5.41, 5.74) is 8.94. The third kappa shape index (κ3) is 5.11. The van der Waals surface area contributed by atoms with Crippen LogP contribution in [0.15, 0.2) is 48.5 Å². The van der Waals surface area contributed by atoms with E-state index in [1.54, 1.807) is 24.1 Å². The average Bonchev–Trinajstić information content (AvgIpc) is 3.28. The average molecular weight is 536 g/mol. The number of primary amides is 1. The maximum atomic E-state index is 13.8. The van der Waals surface area contributed by atoms with Gasteiger partial charge in [-0.1, -0.05) is 51.1 Å². The molecule has 2 aromatic carbocycles. The Bertz CT molecular complexity index is 1210. The second-order valence-corrected chi connectivity index (χ2v) is 12.4. The Kier molecular flexibility index (Phi) is 7.59. The molecule has 4 fully saturated rings. The Balaban J connectivity index is 1.36. The molecule has 0 radical (unpaired) electrons. The molecule has 8 nitrogen and oxygen atoms in total. The van der Waals surface area contributed by atoms with E-state index < -0.39 is 30.1 Å². The molecular formula is C31H41N3O5. The number of nitrogens with two attached hydrogens (primary N) is 1. The van der Waals surface area contributed by atoms with Gasteiger partial charge in [-0.05, 0) is 77.8 Å². The van der Waals surface area contributed by atoms with E-state index in [0.29, 0.717) is 35.3 Å². The Labute approximate surface area is 230 Å². The number of rotatable bonds is 8. The number of carbonyl (C=O) groups excluding carboxylic acids is 2. The van der Waals surface area contributed by atoms with Crippen molar-refractivity contribution in [2.45, 2.75) is 71.4 Å². The molecule has 5 N–H and O–H groups in total. The summed E-state index contributed by atoms with van der Waals surface area (Å²) in [6.45, 7) is 8.58. The maximum absolute atomic E-state index is 13.8. The molecular weight excluding hydrogens is 494 g/mol. The van der Waals surface area contributed by atoms with Crippen LogP contribution in [0.5, 0.6) is 0 Å². The Hall–Kier alpha value is -2.78. The van der Waals surface area contributed by atoms with Crippen molar-refractivity contribution in [3.05, 3.63) is 59.7 Å². The van der Waals surface area contributed by atoms with E-state index in [1.165, 1.54) is 6.42 Å². The molecule has 0 spiro atoms. The number of fused-ring (bicyclic) bond motifs is 2. The van der Waals surface area contributed by atoms with Crippen LogP contribution in [0.4, 0.5) is 0 Å². The van der Waals surface area contributed by atoms with Crippen molar-refractivity contribution >= 4 is 11.8 Å². The fourth-order valence-corrected chi connectivity index (χ4v) is 7.34. The highest BCUT2D eigenvalue weighted by Crippen LogP contribution is 2.61. The largest absolute Gasteiger partial charge is 0.394 e. The lowest BCUT2D eigenvalue weighted by Gasteiger charge is -2.62. The highest BCUT2D eigenvalue weighted by atomic mass is 16.7. The Morgan fingerprint density at radius 3 is 2.46 bits per heavy atom. The molecule has 2 aromatic rings. The zero-order valence-corrected chi connectivity index (χ0v) is 23.2. The third-order valence-corrected chi connectivity index (χ3v) is 9.83. The number of hydrogen-bond acceptors (Lipinski definition) is 6. The summed E-state index contributed by atoms with van der Waals surface area (Å²) in [6.07, 6.45) is 0.669. The highest BCUT2D eigenvalue weighted by Gasteiger charge is 2.57. The monoisotopic (exact) mass is 535 g/mol. The molecule has 1 saturated heterocycles. The van der Waals surface area contributed by atoms with E-state index in [1.807, 2.05) is 36.4 Å². The van der Waals surface area contributed by atoms with Gasteiger partial charge in [-0.15, -0.1) is 0 Å². The zero-order valence-electron chi connectivity index (χ0n) is 23.2. The molecule has 3 aliphatic carbocycles. The summed E-state index contributed by atoms with van der Waals surface area (Å²) in [6, 6.07) is 14.3. The van der Waals surface area contributed by atoms with Gasteiger partial charge in [-0.25, -0.2) is 0 Å². The molecule has 8 atom stereocenters. The normalized spacial score (nSPS) is 32.3. The minimum Gasteiger partial charge on any atom is -0.394 e. The van der Waals surface area contributed by atoms with Gasteiger partial charge in [0.25, 0.3) is 0 Å². The molecule has 0 aromatic heterocycles. The van der Waals surface area contributed by atoms with E-state index in [0.717, 1.165) is 23.1 Å². The molecule has 0 unspecified atom stereocenters. The van der Waals surface area contributed by atoms with Crippen LogP contribution < -0.4 is 11.1 Å². The fourth-order valence-electron chi connectivity index (χ4n) is 7.34. The van der Waals surface area contributed by atoms with E-state index in [9.17, 15) is 19.8 Å². The summed E-state index contributed by atoms with van der Waals surface area (Å²) < 4.78 is 0. The SMILES string of the molecule is C[C@@H]1[C@@H](NC(=O)[C@@H]2[C@H]([C@H](C)O)[C@H](CO)ON2Cc2cccc(-c3ccc(C(N)=O)cc3)c2)C[C@H]2C[C@@H]1C2(C)C. The molecule has 4 aliphatic rings. The van der Waals surface area contributed by atoms with Crippen LogP contribution in [0.3, 0.4) is 0 Å². The molecule has 39 heavy (non-hydrogen) atoms. The number of hydroxylamine groups is 2. The number of nitrogens with one attached hydrogen (secondary N) is 1. The van der Waals surface area contributed by atoms with Crippen LogP contribution in [0.1, 0.15) is 56.5 Å². The molecule has 2 amide bonds. The van der Waals surface area contributed by atoms with Crippen LogP contribution in [0, 0.1) is 29.1 Å². The number of aliphatic hydroxyl groups excluding tert-OH is 2. The summed E-state index contributed by atoms with van der Waals surface area (Å²) in [7, 11) is 0. The van der Waals surface area contributed by atoms with Crippen molar-refractivity contribution in [2.75, 3.05) is 6.61 Å². The van der Waals surface area contributed by atoms with Crippen LogP contribution in [0.2, 0.25) is 0 Å². The summed E-state index contributed by atoms with van der Waals surface area (Å²) in [4.78, 5) is 31.4. The van der Waals surface area contributed by atoms with Crippen molar-refractivity contribution in [2.24, 2.45) is 34.8 Å². The van der Waals surface area contributed by atoms with E-state index in [-0.39, 0.29) is 18.6 Å². The van der Waals surface area contributed by atoms with E-state index >= 15 is 0 Å². The van der Waals surface area contributed by atoms with Gasteiger partial charge >= 0.3 is 0 Å². The van der Waals surface area contributed by atoms with E-state index in [4.69, 9.17) is 10.6 Å². The van der Waals surface area contributed by atoms with Gasteiger partial charge in [0.15, 0.2) is 0 Å². The van der Waals surface area contributed by atoms with Gasteiger partial charge in [0.1, 0.15) is 12.1 Å². The first kappa shape index (κ1) is 27.8. The topological polar surface area (TPSA) is 125 Å². The van der Waals surface area contributed by atoms with Crippen molar-refractivity contribution in [1.29, 1.82) is 0 Å². The number of amides is 2. The number of aliphatic hydroxyl groups is 2. The summed E-state index contributed by atoms with van der Waals surface area (Å²) in [5.74, 6) is 0.379. The van der Waals surface area contributed by atoms with Gasteiger partial charge in [0, 0.05) is 17.5 Å². The standard InChI is InChI=1S/C31H41N3O5/c1-17-24-13-23(31(24,3)4)14-25(17)33-30(38)28-27(18(2)36)26(16-35)39-34(28)15-19-6-5-7-22(12-19)20-8-10-21(11-9-20)29(32)37/h5-12,17-18,23-28,35-36H,13-16H2,1-4H3,(H2,32,37)(H,33,38)/t17-,18-,23+,24-,25-,26-,27+,28-/m0/s1. The summed E-state index contributed by atoms with van der Waals surface area (Å²) in [5, 5.41) is 25.7. The zero-order chi connectivity index (χ0) is 28.1. The third-order valence-electron chi connectivity index (χ3n) is 9.83. The van der Waals surface area contributed by atoms with Gasteiger partial charge in [0.2, 0.25) is 11.8 Å². The number of hydrogen-bond donors (Lipinski definition) is 4. The predicted octanol–water partition coefficient (Wildman–Crippen LogP) is 3.11. The van der Waals surface area contributed by atoms with Crippen LogP contribution in [-0.2, 0) is 16.2 Å². The maximum Gasteiger partial charge on any atom is 0.248 e. The van der Waals surface area contributed by atoms with E-state index in [2.05, 4.69) is 26.1 Å². The molecule has 2 bridgehead atoms. The number of benzene rings is 2. The Morgan fingerprint density at radius 2 is 1.87 bits per heavy atom. The second-order valence-electron chi connectivity index (χ2n) is 12.4. The minimum atomic E-state index is -0.839. The van der Waals surface area contributed by atoms with Gasteiger partial charge in [-0.2, -0.15) is 5.06 Å². The predicted molar refractivity (Wildman–Crippen MR) is 148 cm³/mol. The summed E-state index contributed by atoms with van der Waals surface area (Å²) >= 11 is 0. The minimum absolute atomic E-state index is 0.0886. The van der Waals surface area contributed by atoms with Gasteiger partial charge < -0.3 is 21.3 Å². The highest BCUT2D eigenvalue weighted by molar-refractivity contribution is 5.93. The molecule has 210 valence electrons. The van der Waals surface area contributed by atoms with Crippen molar-refractivity contribution in [1.82, 2.24) is 10.4 Å². The fraction of sp³-hybridized carbons (Fsp3) is 0.548. The van der Waals surface area contributed by atoms with Crippen LogP contribution >= 0.6 is 0 Å². The number of nitrogens with zero attached hydrogens (tertiary/aromatic N) is 1. The first-order valence-corrected chi connectivity index (χ1v) is 14.0. The number of carbonyl (C=O) groups is 2. The smallest absolute Gasteiger partial charge is 0.248 e. The molecule has 1 aliphatic heterocycles. The molecule has 8 heteroatoms. The second kappa shape index (κ2) is 10.7. The lowest BCUT2D eigenvalue weighted by atomic mass is 9.45. The lowest BCUT2D eigenvalue weighted by molar-refractivity contribution is -0.183. The van der Waals surface area contributed by atoms with Gasteiger partial charge in [-0.3, -0.25) is 14.4 Å². The Morgan fingerprint density at radius 1 is 1.15 bits per heavy atom. The van der Waals surface area contributed by atoms with Crippen molar-refractivity contribution in [3.8, 4) is 11.1 Å². The molecule has 6 rings (SSSR count). The lowest BCUT2D eigenvalue weighted by Crippen LogP contribution is -2.62. The van der Waals surface area contributed by atoms with Crippen LogP contribution in [-0.4, -0.2) is 58.0 Å². The van der Waals surface area contributed by atoms with Crippen molar-refractivity contribution < 1.29 is 24.6 Å². The molecule has 1 heterocycles. The molecule has 3 saturated carbocycles. The quantitative estimate of drug-likeness (QED) is 0.412. The first-order chi connectivity index (χ1) is 18.5. The first-order valence-electron chi connectivity index (χ1n) is 14.0. The van der Waals surface area contributed by atoms with Crippen LogP contribution in [0.25, 0.3) is 11.1 Å².